The number of halogens is 2. The highest BCUT2D eigenvalue weighted by atomic mass is 79.9. The number of amides is 2. The lowest BCUT2D eigenvalue weighted by atomic mass is 9.95. The van der Waals surface area contributed by atoms with Gasteiger partial charge in [0, 0.05) is 22.1 Å². The monoisotopic (exact) mass is 659 g/mol. The van der Waals surface area contributed by atoms with Crippen LogP contribution in [0.4, 0.5) is 5.69 Å². The van der Waals surface area contributed by atoms with Crippen LogP contribution in [0.2, 0.25) is 5.02 Å². The van der Waals surface area contributed by atoms with Crippen molar-refractivity contribution in [1.29, 1.82) is 0 Å². The molecule has 41 heavy (non-hydrogen) atoms. The molecular formula is C31H35BrClN3O4S. The molecular weight excluding hydrogens is 626 g/mol. The Balaban J connectivity index is 1.69. The van der Waals surface area contributed by atoms with Crippen LogP contribution in [0.15, 0.2) is 82.2 Å². The van der Waals surface area contributed by atoms with Gasteiger partial charge in [-0.3, -0.25) is 13.9 Å². The fourth-order valence-corrected chi connectivity index (χ4v) is 6.96. The standard InChI is InChI=1S/C31H35BrClN3O4S/c1-22-28(33)14-9-15-29(22)36(41(39,40)27-12-7-4-8-13-27)21-30(37)35(20-24-16-18-25(32)19-17-24)23(2)31(38)34-26-10-5-3-6-11-26/h4,7-9,12-19,23,26H,3,5-6,10-11,20-21H2,1-2H3,(H,34,38)/t23-/m0/s1. The van der Waals surface area contributed by atoms with Crippen LogP contribution in [0.3, 0.4) is 0 Å². The molecule has 218 valence electrons. The average molecular weight is 661 g/mol. The van der Waals surface area contributed by atoms with Crippen molar-refractivity contribution in [2.45, 2.75) is 69.5 Å². The van der Waals surface area contributed by atoms with Crippen molar-refractivity contribution >= 4 is 55.1 Å². The van der Waals surface area contributed by atoms with Crippen molar-refractivity contribution < 1.29 is 18.0 Å². The normalized spacial score (nSPS) is 14.7. The number of sulfonamides is 1. The van der Waals surface area contributed by atoms with Gasteiger partial charge in [0.15, 0.2) is 0 Å². The number of nitrogens with zero attached hydrogens (tertiary/aromatic N) is 2. The van der Waals surface area contributed by atoms with E-state index in [1.54, 1.807) is 50.2 Å². The maximum atomic E-state index is 14.1. The zero-order chi connectivity index (χ0) is 29.6. The van der Waals surface area contributed by atoms with E-state index in [-0.39, 0.29) is 23.4 Å². The minimum absolute atomic E-state index is 0.0507. The van der Waals surface area contributed by atoms with E-state index in [1.165, 1.54) is 17.0 Å². The number of anilines is 1. The number of nitrogens with one attached hydrogen (secondary N) is 1. The molecule has 1 aliphatic rings. The van der Waals surface area contributed by atoms with Gasteiger partial charge in [-0.05, 0) is 74.2 Å². The highest BCUT2D eigenvalue weighted by molar-refractivity contribution is 9.10. The third-order valence-electron chi connectivity index (χ3n) is 7.50. The van der Waals surface area contributed by atoms with E-state index in [9.17, 15) is 18.0 Å². The fourth-order valence-electron chi connectivity index (χ4n) is 5.04. The van der Waals surface area contributed by atoms with Gasteiger partial charge < -0.3 is 10.2 Å². The molecule has 0 saturated heterocycles. The molecule has 0 bridgehead atoms. The van der Waals surface area contributed by atoms with Crippen molar-refractivity contribution in [1.82, 2.24) is 10.2 Å². The molecule has 3 aromatic rings. The zero-order valence-electron chi connectivity index (χ0n) is 23.2. The lowest BCUT2D eigenvalue weighted by Crippen LogP contribution is -2.53. The highest BCUT2D eigenvalue weighted by Crippen LogP contribution is 2.31. The van der Waals surface area contributed by atoms with Gasteiger partial charge in [0.1, 0.15) is 12.6 Å². The Morgan fingerprint density at radius 2 is 1.63 bits per heavy atom. The number of carbonyl (C=O) groups is 2. The van der Waals surface area contributed by atoms with E-state index in [2.05, 4.69) is 21.2 Å². The third-order valence-corrected chi connectivity index (χ3v) is 10.2. The topological polar surface area (TPSA) is 86.8 Å². The quantitative estimate of drug-likeness (QED) is 0.270. The van der Waals surface area contributed by atoms with Gasteiger partial charge in [-0.1, -0.05) is 83.2 Å². The third kappa shape index (κ3) is 7.70. The summed E-state index contributed by atoms with van der Waals surface area (Å²) in [5, 5.41) is 3.50. The summed E-state index contributed by atoms with van der Waals surface area (Å²) in [6.45, 7) is 3.04. The van der Waals surface area contributed by atoms with Gasteiger partial charge in [0.25, 0.3) is 10.0 Å². The van der Waals surface area contributed by atoms with Crippen LogP contribution in [0.1, 0.15) is 50.2 Å². The van der Waals surface area contributed by atoms with Gasteiger partial charge in [0.2, 0.25) is 11.8 Å². The lowest BCUT2D eigenvalue weighted by Gasteiger charge is -2.33. The van der Waals surface area contributed by atoms with E-state index in [1.807, 2.05) is 24.3 Å². The second-order valence-electron chi connectivity index (χ2n) is 10.4. The molecule has 0 aromatic heterocycles. The first-order chi connectivity index (χ1) is 19.6. The number of rotatable bonds is 10. The van der Waals surface area contributed by atoms with Crippen molar-refractivity contribution in [2.75, 3.05) is 10.8 Å². The Hall–Kier alpha value is -2.88. The second kappa shape index (κ2) is 13.9. The van der Waals surface area contributed by atoms with Crippen molar-refractivity contribution in [3.8, 4) is 0 Å². The summed E-state index contributed by atoms with van der Waals surface area (Å²) in [4.78, 5) is 29.0. The summed E-state index contributed by atoms with van der Waals surface area (Å²) in [6.07, 6.45) is 5.11. The Morgan fingerprint density at radius 1 is 0.976 bits per heavy atom. The lowest BCUT2D eigenvalue weighted by molar-refractivity contribution is -0.139. The molecule has 10 heteroatoms. The second-order valence-corrected chi connectivity index (χ2v) is 13.6. The number of hydrogen-bond acceptors (Lipinski definition) is 4. The predicted molar refractivity (Wildman–Crippen MR) is 166 cm³/mol. The molecule has 1 fully saturated rings. The van der Waals surface area contributed by atoms with Gasteiger partial charge in [0.05, 0.1) is 10.6 Å². The first-order valence-corrected chi connectivity index (χ1v) is 16.4. The zero-order valence-corrected chi connectivity index (χ0v) is 26.4. The number of hydrogen-bond donors (Lipinski definition) is 1. The van der Waals surface area contributed by atoms with Crippen LogP contribution < -0.4 is 9.62 Å². The molecule has 0 heterocycles. The van der Waals surface area contributed by atoms with Gasteiger partial charge in [-0.15, -0.1) is 0 Å². The Kier molecular flexibility index (Phi) is 10.5. The van der Waals surface area contributed by atoms with E-state index in [4.69, 9.17) is 11.6 Å². The maximum Gasteiger partial charge on any atom is 0.264 e. The van der Waals surface area contributed by atoms with E-state index >= 15 is 0 Å². The predicted octanol–water partition coefficient (Wildman–Crippen LogP) is 6.47. The van der Waals surface area contributed by atoms with E-state index in [0.29, 0.717) is 16.3 Å². The smallest absolute Gasteiger partial charge is 0.264 e. The summed E-state index contributed by atoms with van der Waals surface area (Å²) < 4.78 is 29.9. The molecule has 0 unspecified atom stereocenters. The maximum absolute atomic E-state index is 14.1. The minimum Gasteiger partial charge on any atom is -0.352 e. The molecule has 2 amide bonds. The molecule has 0 radical (unpaired) electrons. The van der Waals surface area contributed by atoms with Crippen LogP contribution in [0, 0.1) is 6.92 Å². The fraction of sp³-hybridized carbons (Fsp3) is 0.355. The molecule has 0 spiro atoms. The van der Waals surface area contributed by atoms with Crippen LogP contribution in [0.25, 0.3) is 0 Å². The van der Waals surface area contributed by atoms with Gasteiger partial charge in [-0.25, -0.2) is 8.42 Å². The molecule has 1 aliphatic carbocycles. The molecule has 4 rings (SSSR count). The average Bonchev–Trinajstić information content (AvgIpc) is 2.97. The van der Waals surface area contributed by atoms with Crippen LogP contribution in [-0.4, -0.2) is 43.8 Å². The van der Waals surface area contributed by atoms with Gasteiger partial charge >= 0.3 is 0 Å². The van der Waals surface area contributed by atoms with E-state index < -0.39 is 28.5 Å². The SMILES string of the molecule is Cc1c(Cl)cccc1N(CC(=O)N(Cc1ccc(Br)cc1)[C@@H](C)C(=O)NC1CCCCC1)S(=O)(=O)c1ccccc1. The largest absolute Gasteiger partial charge is 0.352 e. The van der Waals surface area contributed by atoms with Crippen LogP contribution in [0.5, 0.6) is 0 Å². The molecule has 0 aliphatic heterocycles. The van der Waals surface area contributed by atoms with Crippen LogP contribution >= 0.6 is 27.5 Å². The first-order valence-electron chi connectivity index (χ1n) is 13.7. The molecule has 1 saturated carbocycles. The first kappa shape index (κ1) is 31.1. The summed E-state index contributed by atoms with van der Waals surface area (Å²) in [7, 11) is -4.15. The minimum atomic E-state index is -4.15. The van der Waals surface area contributed by atoms with Crippen molar-refractivity contribution in [3.63, 3.8) is 0 Å². The summed E-state index contributed by atoms with van der Waals surface area (Å²) in [6, 6.07) is 19.7. The summed E-state index contributed by atoms with van der Waals surface area (Å²) in [5.41, 5.74) is 1.65. The molecule has 7 nitrogen and oxygen atoms in total. The van der Waals surface area contributed by atoms with E-state index in [0.717, 1.165) is 46.4 Å². The Bertz CT molecular complexity index is 1460. The van der Waals surface area contributed by atoms with Crippen molar-refractivity contribution in [2.24, 2.45) is 0 Å². The Morgan fingerprint density at radius 3 is 2.29 bits per heavy atom. The summed E-state index contributed by atoms with van der Waals surface area (Å²) in [5.74, 6) is -0.753. The van der Waals surface area contributed by atoms with Gasteiger partial charge in [-0.2, -0.15) is 0 Å². The van der Waals surface area contributed by atoms with Crippen LogP contribution in [-0.2, 0) is 26.2 Å². The Labute approximate surface area is 256 Å². The molecule has 3 aromatic carbocycles. The number of benzene rings is 3. The highest BCUT2D eigenvalue weighted by Gasteiger charge is 2.34. The molecule has 1 atom stereocenters. The van der Waals surface area contributed by atoms with Crippen molar-refractivity contribution in [3.05, 3.63) is 93.4 Å². The number of carbonyl (C=O) groups excluding carboxylic acids is 2. The molecule has 1 N–H and O–H groups in total. The summed E-state index contributed by atoms with van der Waals surface area (Å²) >= 11 is 9.82.